The summed E-state index contributed by atoms with van der Waals surface area (Å²) in [7, 11) is 0. The molecule has 9 nitrogen and oxygen atoms in total. The zero-order valence-corrected chi connectivity index (χ0v) is 17.9. The largest absolute Gasteiger partial charge is 0.339 e. The highest BCUT2D eigenvalue weighted by Crippen LogP contribution is 2.29. The van der Waals surface area contributed by atoms with Crippen molar-refractivity contribution in [2.75, 3.05) is 18.4 Å². The molecule has 5 rings (SSSR count). The van der Waals surface area contributed by atoms with Gasteiger partial charge in [-0.2, -0.15) is 10.2 Å². The number of hydrogen-bond donors (Lipinski definition) is 4. The molecule has 160 valence electrons. The van der Waals surface area contributed by atoms with Gasteiger partial charge in [-0.3, -0.25) is 14.6 Å². The molecule has 4 aromatic rings. The molecule has 0 saturated carbocycles. The van der Waals surface area contributed by atoms with E-state index in [-0.39, 0.29) is 5.91 Å². The number of aromatic nitrogens is 6. The van der Waals surface area contributed by atoms with Crippen LogP contribution in [0.1, 0.15) is 46.3 Å². The standard InChI is InChI=1S/C22H26N8O/c1-12-13(2)27-28-20(12)22(31)25-16-8-15-9-19(26-21(15)24-10-16)18-11-30(29-14(18)3)17-4-6-23-7-5-17/h8-11,17,23H,4-7H2,1-3H3,(H,24,26)(H,25,31)(H,27,28). The van der Waals surface area contributed by atoms with E-state index in [0.717, 1.165) is 65.2 Å². The number of pyridine rings is 1. The van der Waals surface area contributed by atoms with Crippen LogP contribution in [0.3, 0.4) is 0 Å². The second-order valence-corrected chi connectivity index (χ2v) is 8.21. The molecule has 4 aromatic heterocycles. The monoisotopic (exact) mass is 418 g/mol. The number of piperidine rings is 1. The van der Waals surface area contributed by atoms with Gasteiger partial charge >= 0.3 is 0 Å². The molecule has 0 aromatic carbocycles. The first kappa shape index (κ1) is 19.5. The summed E-state index contributed by atoms with van der Waals surface area (Å²) < 4.78 is 2.10. The van der Waals surface area contributed by atoms with Crippen molar-refractivity contribution in [3.05, 3.63) is 47.2 Å². The third-order valence-corrected chi connectivity index (χ3v) is 6.09. The predicted molar refractivity (Wildman–Crippen MR) is 119 cm³/mol. The Hall–Kier alpha value is -3.46. The maximum Gasteiger partial charge on any atom is 0.276 e. The summed E-state index contributed by atoms with van der Waals surface area (Å²) in [5.41, 5.74) is 6.56. The van der Waals surface area contributed by atoms with Crippen molar-refractivity contribution in [3.8, 4) is 11.3 Å². The molecule has 1 saturated heterocycles. The van der Waals surface area contributed by atoms with E-state index in [1.54, 1.807) is 6.20 Å². The minimum Gasteiger partial charge on any atom is -0.339 e. The van der Waals surface area contributed by atoms with Crippen molar-refractivity contribution in [1.82, 2.24) is 35.3 Å². The van der Waals surface area contributed by atoms with Gasteiger partial charge in [0.05, 0.1) is 29.3 Å². The number of aryl methyl sites for hydroxylation is 2. The van der Waals surface area contributed by atoms with Crippen LogP contribution in [-0.4, -0.2) is 48.9 Å². The lowest BCUT2D eigenvalue weighted by molar-refractivity contribution is 0.102. The Morgan fingerprint density at radius 1 is 1.19 bits per heavy atom. The van der Waals surface area contributed by atoms with Crippen LogP contribution in [0.4, 0.5) is 5.69 Å². The van der Waals surface area contributed by atoms with Crippen LogP contribution in [0, 0.1) is 20.8 Å². The van der Waals surface area contributed by atoms with Gasteiger partial charge in [0.2, 0.25) is 0 Å². The molecule has 1 amide bonds. The number of anilines is 1. The maximum absolute atomic E-state index is 12.6. The quantitative estimate of drug-likeness (QED) is 0.406. The zero-order chi connectivity index (χ0) is 21.5. The lowest BCUT2D eigenvalue weighted by atomic mass is 10.1. The molecule has 0 radical (unpaired) electrons. The number of fused-ring (bicyclic) bond motifs is 1. The van der Waals surface area contributed by atoms with E-state index in [2.05, 4.69) is 47.7 Å². The molecule has 1 aliphatic rings. The number of amides is 1. The van der Waals surface area contributed by atoms with Gasteiger partial charge in [0.15, 0.2) is 5.69 Å². The van der Waals surface area contributed by atoms with Gasteiger partial charge in [-0.15, -0.1) is 0 Å². The number of H-pyrrole nitrogens is 2. The number of nitrogens with zero attached hydrogens (tertiary/aromatic N) is 4. The molecule has 1 aliphatic heterocycles. The fraction of sp³-hybridized carbons (Fsp3) is 0.364. The van der Waals surface area contributed by atoms with E-state index in [1.807, 2.05) is 26.8 Å². The number of nitrogens with one attached hydrogen (secondary N) is 4. The number of rotatable bonds is 4. The Morgan fingerprint density at radius 3 is 2.74 bits per heavy atom. The summed E-state index contributed by atoms with van der Waals surface area (Å²) in [5.74, 6) is -0.252. The zero-order valence-electron chi connectivity index (χ0n) is 17.9. The van der Waals surface area contributed by atoms with Crippen LogP contribution in [0.5, 0.6) is 0 Å². The van der Waals surface area contributed by atoms with Crippen molar-refractivity contribution in [3.63, 3.8) is 0 Å². The van der Waals surface area contributed by atoms with Crippen LogP contribution in [0.2, 0.25) is 0 Å². The molecule has 4 N–H and O–H groups in total. The highest BCUT2D eigenvalue weighted by atomic mass is 16.1. The van der Waals surface area contributed by atoms with Crippen LogP contribution >= 0.6 is 0 Å². The van der Waals surface area contributed by atoms with E-state index in [0.29, 0.717) is 17.4 Å². The van der Waals surface area contributed by atoms with E-state index >= 15 is 0 Å². The van der Waals surface area contributed by atoms with Gasteiger partial charge < -0.3 is 15.6 Å². The van der Waals surface area contributed by atoms with Crippen LogP contribution in [0.15, 0.2) is 24.5 Å². The summed E-state index contributed by atoms with van der Waals surface area (Å²) in [5, 5.41) is 18.9. The molecule has 0 unspecified atom stereocenters. The topological polar surface area (TPSA) is 116 Å². The van der Waals surface area contributed by atoms with E-state index in [9.17, 15) is 4.79 Å². The van der Waals surface area contributed by atoms with E-state index in [4.69, 9.17) is 5.10 Å². The summed E-state index contributed by atoms with van der Waals surface area (Å²) in [6.07, 6.45) is 5.96. The molecule has 0 spiro atoms. The fourth-order valence-corrected chi connectivity index (χ4v) is 4.13. The van der Waals surface area contributed by atoms with Crippen LogP contribution < -0.4 is 10.6 Å². The maximum atomic E-state index is 12.6. The van der Waals surface area contributed by atoms with Crippen molar-refractivity contribution in [2.24, 2.45) is 0 Å². The Bertz CT molecular complexity index is 1260. The van der Waals surface area contributed by atoms with E-state index in [1.165, 1.54) is 0 Å². The first-order valence-electron chi connectivity index (χ1n) is 10.6. The Kier molecular flexibility index (Phi) is 4.82. The highest BCUT2D eigenvalue weighted by molar-refractivity contribution is 6.04. The Labute approximate surface area is 179 Å². The summed E-state index contributed by atoms with van der Waals surface area (Å²) >= 11 is 0. The minimum absolute atomic E-state index is 0.252. The highest BCUT2D eigenvalue weighted by Gasteiger charge is 2.19. The molecule has 31 heavy (non-hydrogen) atoms. The SMILES string of the molecule is Cc1nn(C2CCNCC2)cc1-c1cc2cc(NC(=O)c3n[nH]c(C)c3C)cnc2[nH]1. The molecular formula is C22H26N8O. The average Bonchev–Trinajstić information content (AvgIpc) is 3.45. The third kappa shape index (κ3) is 3.61. The fourth-order valence-electron chi connectivity index (χ4n) is 4.13. The van der Waals surface area contributed by atoms with Crippen molar-refractivity contribution in [2.45, 2.75) is 39.7 Å². The second-order valence-electron chi connectivity index (χ2n) is 8.21. The van der Waals surface area contributed by atoms with Gasteiger partial charge in [0, 0.05) is 28.4 Å². The molecule has 9 heteroatoms. The number of carbonyl (C=O) groups is 1. The molecular weight excluding hydrogens is 392 g/mol. The van der Waals surface area contributed by atoms with Gasteiger partial charge in [0.25, 0.3) is 5.91 Å². The second kappa shape index (κ2) is 7.66. The smallest absolute Gasteiger partial charge is 0.276 e. The van der Waals surface area contributed by atoms with Gasteiger partial charge in [-0.25, -0.2) is 4.98 Å². The number of aromatic amines is 2. The first-order valence-corrected chi connectivity index (χ1v) is 10.6. The molecule has 1 fully saturated rings. The summed E-state index contributed by atoms with van der Waals surface area (Å²) in [6, 6.07) is 4.41. The average molecular weight is 419 g/mol. The Morgan fingerprint density at radius 2 is 2.00 bits per heavy atom. The van der Waals surface area contributed by atoms with Crippen molar-refractivity contribution in [1.29, 1.82) is 0 Å². The van der Waals surface area contributed by atoms with E-state index < -0.39 is 0 Å². The lowest BCUT2D eigenvalue weighted by Gasteiger charge is -2.22. The van der Waals surface area contributed by atoms with Gasteiger partial charge in [-0.05, 0) is 58.8 Å². The molecule has 0 atom stereocenters. The first-order chi connectivity index (χ1) is 15.0. The Balaban J connectivity index is 1.40. The molecule has 5 heterocycles. The molecule has 0 aliphatic carbocycles. The number of carbonyl (C=O) groups excluding carboxylic acids is 1. The van der Waals surface area contributed by atoms with Gasteiger partial charge in [-0.1, -0.05) is 0 Å². The summed E-state index contributed by atoms with van der Waals surface area (Å²) in [6.45, 7) is 7.86. The number of hydrogen-bond acceptors (Lipinski definition) is 5. The van der Waals surface area contributed by atoms with Crippen LogP contribution in [0.25, 0.3) is 22.3 Å². The van der Waals surface area contributed by atoms with Gasteiger partial charge in [0.1, 0.15) is 5.65 Å². The minimum atomic E-state index is -0.252. The van der Waals surface area contributed by atoms with Crippen LogP contribution in [-0.2, 0) is 0 Å². The normalized spacial score (nSPS) is 14.9. The van der Waals surface area contributed by atoms with Crippen molar-refractivity contribution >= 4 is 22.6 Å². The molecule has 0 bridgehead atoms. The predicted octanol–water partition coefficient (Wildman–Crippen LogP) is 3.25. The third-order valence-electron chi connectivity index (χ3n) is 6.09. The van der Waals surface area contributed by atoms with Crippen molar-refractivity contribution < 1.29 is 4.79 Å². The summed E-state index contributed by atoms with van der Waals surface area (Å²) in [4.78, 5) is 20.4. The lowest BCUT2D eigenvalue weighted by Crippen LogP contribution is -2.29.